The number of para-hydroxylation sites is 1. The van der Waals surface area contributed by atoms with Crippen LogP contribution in [-0.2, 0) is 4.79 Å². The van der Waals surface area contributed by atoms with Crippen LogP contribution >= 0.6 is 11.7 Å². The molecule has 2 aromatic rings. The number of likely N-dealkylation sites (N-methyl/N-ethyl adjacent to an activating group) is 1. The third-order valence-corrected chi connectivity index (χ3v) is 3.53. The molecule has 0 unspecified atom stereocenters. The number of rotatable bonds is 4. The highest BCUT2D eigenvalue weighted by Gasteiger charge is 2.17. The van der Waals surface area contributed by atoms with Crippen molar-refractivity contribution in [1.82, 2.24) is 13.6 Å². The molecule has 2 amide bonds. The van der Waals surface area contributed by atoms with Crippen LogP contribution in [-0.4, -0.2) is 39.1 Å². The maximum absolute atomic E-state index is 12.1. The molecule has 0 aliphatic heterocycles. The van der Waals surface area contributed by atoms with Gasteiger partial charge in [-0.25, -0.2) is 0 Å². The molecule has 1 N–H and O–H groups in total. The van der Waals surface area contributed by atoms with Gasteiger partial charge >= 0.3 is 0 Å². The molecule has 21 heavy (non-hydrogen) atoms. The van der Waals surface area contributed by atoms with E-state index in [0.717, 1.165) is 28.5 Å². The summed E-state index contributed by atoms with van der Waals surface area (Å²) in [6, 6.07) is 5.79. The lowest BCUT2D eigenvalue weighted by molar-refractivity contribution is -0.116. The van der Waals surface area contributed by atoms with Crippen molar-refractivity contribution in [3.63, 3.8) is 0 Å². The summed E-state index contributed by atoms with van der Waals surface area (Å²) in [4.78, 5) is 25.4. The molecule has 0 radical (unpaired) electrons. The third kappa shape index (κ3) is 3.63. The molecule has 6 nitrogen and oxygen atoms in total. The highest BCUT2D eigenvalue weighted by Crippen LogP contribution is 2.19. The summed E-state index contributed by atoms with van der Waals surface area (Å²) in [5, 5.41) is 2.84. The van der Waals surface area contributed by atoms with E-state index in [1.165, 1.54) is 11.1 Å². The number of carbonyl (C=O) groups excluding carboxylic acids is 2. The van der Waals surface area contributed by atoms with Crippen molar-refractivity contribution in [2.24, 2.45) is 0 Å². The number of nitrogens with zero attached hydrogens (tertiary/aromatic N) is 3. The van der Waals surface area contributed by atoms with Gasteiger partial charge in [0.25, 0.3) is 5.91 Å². The van der Waals surface area contributed by atoms with Gasteiger partial charge < -0.3 is 10.2 Å². The Morgan fingerprint density at radius 2 is 1.95 bits per heavy atom. The van der Waals surface area contributed by atoms with Crippen LogP contribution in [0.4, 0.5) is 5.69 Å². The van der Waals surface area contributed by atoms with Gasteiger partial charge in [0.1, 0.15) is 0 Å². The Hall–Kier alpha value is -2.28. The number of nitrogens with one attached hydrogen (secondary N) is 1. The summed E-state index contributed by atoms with van der Waals surface area (Å²) in [6.07, 6.45) is 1.40. The minimum absolute atomic E-state index is 0.0376. The van der Waals surface area contributed by atoms with E-state index in [0.29, 0.717) is 0 Å². The smallest absolute Gasteiger partial charge is 0.275 e. The molecule has 0 saturated heterocycles. The normalized spacial score (nSPS) is 10.2. The molecule has 7 heteroatoms. The molecule has 1 heterocycles. The summed E-state index contributed by atoms with van der Waals surface area (Å²) < 4.78 is 7.64. The Balaban J connectivity index is 2.00. The zero-order chi connectivity index (χ0) is 15.4. The first-order chi connectivity index (χ1) is 9.99. The van der Waals surface area contributed by atoms with Gasteiger partial charge in [-0.05, 0) is 25.0 Å². The Labute approximate surface area is 127 Å². The van der Waals surface area contributed by atoms with Gasteiger partial charge in [0.15, 0.2) is 5.69 Å². The quantitative estimate of drug-likeness (QED) is 0.935. The van der Waals surface area contributed by atoms with Crippen molar-refractivity contribution in [3.05, 3.63) is 41.2 Å². The van der Waals surface area contributed by atoms with E-state index in [9.17, 15) is 9.59 Å². The van der Waals surface area contributed by atoms with Crippen LogP contribution < -0.4 is 5.32 Å². The van der Waals surface area contributed by atoms with Crippen molar-refractivity contribution in [2.45, 2.75) is 13.8 Å². The largest absolute Gasteiger partial charge is 0.331 e. The van der Waals surface area contributed by atoms with Gasteiger partial charge in [-0.15, -0.1) is 0 Å². The first-order valence-corrected chi connectivity index (χ1v) is 7.11. The van der Waals surface area contributed by atoms with E-state index in [2.05, 4.69) is 14.1 Å². The molecule has 0 spiro atoms. The van der Waals surface area contributed by atoms with Crippen molar-refractivity contribution >= 4 is 29.2 Å². The summed E-state index contributed by atoms with van der Waals surface area (Å²) in [5.74, 6) is -0.563. The predicted octanol–water partition coefficient (Wildman–Crippen LogP) is 1.87. The standard InChI is InChI=1S/C14H16N4O2S/c1-9-5-4-6-10(2)13(9)16-12(19)8-18(3)14(20)11-7-15-21-17-11/h4-7H,8H2,1-3H3,(H,16,19). The highest BCUT2D eigenvalue weighted by atomic mass is 32.1. The fourth-order valence-electron chi connectivity index (χ4n) is 1.93. The first-order valence-electron chi connectivity index (χ1n) is 6.38. The molecule has 1 aromatic heterocycles. The lowest BCUT2D eigenvalue weighted by Gasteiger charge is -2.17. The van der Waals surface area contributed by atoms with E-state index in [-0.39, 0.29) is 24.1 Å². The lowest BCUT2D eigenvalue weighted by atomic mass is 10.1. The fourth-order valence-corrected chi connectivity index (χ4v) is 2.34. The van der Waals surface area contributed by atoms with E-state index >= 15 is 0 Å². The number of benzene rings is 1. The molecule has 0 aliphatic rings. The van der Waals surface area contributed by atoms with Crippen LogP contribution in [0.15, 0.2) is 24.4 Å². The zero-order valence-electron chi connectivity index (χ0n) is 12.1. The van der Waals surface area contributed by atoms with Gasteiger partial charge in [0.2, 0.25) is 5.91 Å². The number of carbonyl (C=O) groups is 2. The number of aryl methyl sites for hydroxylation is 2. The molecule has 0 saturated carbocycles. The fraction of sp³-hybridized carbons (Fsp3) is 0.286. The first kappa shape index (κ1) is 15.1. The number of hydrogen-bond donors (Lipinski definition) is 1. The zero-order valence-corrected chi connectivity index (χ0v) is 12.9. The van der Waals surface area contributed by atoms with Crippen LogP contribution in [0.25, 0.3) is 0 Å². The van der Waals surface area contributed by atoms with Gasteiger partial charge in [0, 0.05) is 12.7 Å². The van der Waals surface area contributed by atoms with E-state index in [4.69, 9.17) is 0 Å². The van der Waals surface area contributed by atoms with Gasteiger partial charge in [0.05, 0.1) is 24.5 Å². The summed E-state index contributed by atoms with van der Waals surface area (Å²) in [6.45, 7) is 3.82. The third-order valence-electron chi connectivity index (χ3n) is 3.05. The monoisotopic (exact) mass is 304 g/mol. The summed E-state index contributed by atoms with van der Waals surface area (Å²) >= 11 is 0.963. The number of aromatic nitrogens is 2. The van der Waals surface area contributed by atoms with Crippen LogP contribution in [0, 0.1) is 13.8 Å². The molecule has 110 valence electrons. The minimum Gasteiger partial charge on any atom is -0.331 e. The molecule has 0 bridgehead atoms. The average Bonchev–Trinajstić information content (AvgIpc) is 2.96. The molecule has 1 aromatic carbocycles. The number of anilines is 1. The van der Waals surface area contributed by atoms with Crippen molar-refractivity contribution < 1.29 is 9.59 Å². The van der Waals surface area contributed by atoms with Crippen LogP contribution in [0.1, 0.15) is 21.6 Å². The Bertz CT molecular complexity index is 635. The van der Waals surface area contributed by atoms with Crippen molar-refractivity contribution in [3.8, 4) is 0 Å². The minimum atomic E-state index is -0.319. The molecule has 0 aliphatic carbocycles. The maximum atomic E-state index is 12.1. The van der Waals surface area contributed by atoms with E-state index < -0.39 is 0 Å². The van der Waals surface area contributed by atoms with Gasteiger partial charge in [-0.1, -0.05) is 18.2 Å². The Morgan fingerprint density at radius 3 is 2.52 bits per heavy atom. The van der Waals surface area contributed by atoms with Crippen molar-refractivity contribution in [2.75, 3.05) is 18.9 Å². The molecule has 2 rings (SSSR count). The molecular formula is C14H16N4O2S. The number of hydrogen-bond acceptors (Lipinski definition) is 5. The topological polar surface area (TPSA) is 75.2 Å². The van der Waals surface area contributed by atoms with Gasteiger partial charge in [-0.3, -0.25) is 9.59 Å². The summed E-state index contributed by atoms with van der Waals surface area (Å²) in [7, 11) is 1.56. The van der Waals surface area contributed by atoms with Gasteiger partial charge in [-0.2, -0.15) is 8.75 Å². The second-order valence-electron chi connectivity index (χ2n) is 4.77. The number of amides is 2. The second kappa shape index (κ2) is 6.45. The second-order valence-corrected chi connectivity index (χ2v) is 5.33. The maximum Gasteiger partial charge on any atom is 0.275 e. The molecule has 0 fully saturated rings. The van der Waals surface area contributed by atoms with Crippen LogP contribution in [0.2, 0.25) is 0 Å². The Morgan fingerprint density at radius 1 is 1.29 bits per heavy atom. The van der Waals surface area contributed by atoms with Crippen molar-refractivity contribution in [1.29, 1.82) is 0 Å². The molecular weight excluding hydrogens is 288 g/mol. The SMILES string of the molecule is Cc1cccc(C)c1NC(=O)CN(C)C(=O)c1cnsn1. The Kier molecular flexibility index (Phi) is 4.64. The average molecular weight is 304 g/mol. The predicted molar refractivity (Wildman–Crippen MR) is 81.4 cm³/mol. The highest BCUT2D eigenvalue weighted by molar-refractivity contribution is 6.99. The lowest BCUT2D eigenvalue weighted by Crippen LogP contribution is -2.35. The molecule has 0 atom stereocenters. The van der Waals surface area contributed by atoms with E-state index in [1.54, 1.807) is 7.05 Å². The summed E-state index contributed by atoms with van der Waals surface area (Å²) in [5.41, 5.74) is 3.02. The van der Waals surface area contributed by atoms with E-state index in [1.807, 2.05) is 32.0 Å². The van der Waals surface area contributed by atoms with Crippen LogP contribution in [0.3, 0.4) is 0 Å². The van der Waals surface area contributed by atoms with Crippen LogP contribution in [0.5, 0.6) is 0 Å².